The molecule has 0 heterocycles. The van der Waals surface area contributed by atoms with Crippen LogP contribution in [0, 0.1) is 0 Å². The molecule has 0 unspecified atom stereocenters. The molecule has 66 valence electrons. The fraction of sp³-hybridized carbons (Fsp3) is 0.500. The normalized spacial score (nSPS) is 7.55. The molecule has 0 rings (SSSR count). The smallest absolute Gasteiger partial charge is 0.365 e. The molecule has 0 bridgehead atoms. The van der Waals surface area contributed by atoms with E-state index in [0.29, 0.717) is 0 Å². The first-order chi connectivity index (χ1) is 5.22. The highest BCUT2D eigenvalue weighted by Gasteiger charge is 1.88. The Balaban J connectivity index is 0. The van der Waals surface area contributed by atoms with E-state index in [2.05, 4.69) is 16.4 Å². The zero-order valence-corrected chi connectivity index (χ0v) is 6.32. The summed E-state index contributed by atoms with van der Waals surface area (Å²) in [5.74, 6) is -0.581. The standard InChI is InChI=1S/C4H6O3.C2H6O2/c1-3-4(5)7-6-2;3-1-2-4/h3H,1H2,2H3;3-4H,1-2H2. The van der Waals surface area contributed by atoms with Crippen molar-refractivity contribution in [2.45, 2.75) is 0 Å². The van der Waals surface area contributed by atoms with E-state index in [1.165, 1.54) is 7.11 Å². The average molecular weight is 164 g/mol. The molecule has 0 radical (unpaired) electrons. The van der Waals surface area contributed by atoms with Crippen LogP contribution in [0.15, 0.2) is 12.7 Å². The summed E-state index contributed by atoms with van der Waals surface area (Å²) in [5, 5.41) is 15.2. The minimum Gasteiger partial charge on any atom is -0.394 e. The lowest BCUT2D eigenvalue weighted by Gasteiger charge is -1.88. The number of rotatable bonds is 3. The highest BCUT2D eigenvalue weighted by Crippen LogP contribution is 1.74. The van der Waals surface area contributed by atoms with Crippen LogP contribution in [-0.2, 0) is 14.6 Å². The molecule has 0 spiro atoms. The molecule has 0 aliphatic heterocycles. The van der Waals surface area contributed by atoms with Crippen molar-refractivity contribution in [1.82, 2.24) is 0 Å². The first kappa shape index (κ1) is 12.7. The van der Waals surface area contributed by atoms with Gasteiger partial charge in [-0.1, -0.05) is 6.58 Å². The molecular weight excluding hydrogens is 152 g/mol. The van der Waals surface area contributed by atoms with Crippen molar-refractivity contribution in [2.75, 3.05) is 20.3 Å². The fourth-order valence-electron chi connectivity index (χ4n) is 0.116. The van der Waals surface area contributed by atoms with Crippen LogP contribution in [0.25, 0.3) is 0 Å². The Kier molecular flexibility index (Phi) is 13.7. The number of carbonyl (C=O) groups excluding carboxylic acids is 1. The van der Waals surface area contributed by atoms with Gasteiger partial charge in [0.15, 0.2) is 0 Å². The molecule has 11 heavy (non-hydrogen) atoms. The largest absolute Gasteiger partial charge is 0.394 e. The second-order valence-corrected chi connectivity index (χ2v) is 1.22. The summed E-state index contributed by atoms with van der Waals surface area (Å²) in [6.45, 7) is 2.87. The summed E-state index contributed by atoms with van der Waals surface area (Å²) in [6, 6.07) is 0. The summed E-state index contributed by atoms with van der Waals surface area (Å²) < 4.78 is 0. The topological polar surface area (TPSA) is 76.0 Å². The van der Waals surface area contributed by atoms with Gasteiger partial charge in [0.25, 0.3) is 0 Å². The van der Waals surface area contributed by atoms with Crippen LogP contribution >= 0.6 is 0 Å². The van der Waals surface area contributed by atoms with Crippen LogP contribution < -0.4 is 0 Å². The molecule has 5 nitrogen and oxygen atoms in total. The van der Waals surface area contributed by atoms with Crippen LogP contribution in [-0.4, -0.2) is 36.5 Å². The number of hydrogen-bond donors (Lipinski definition) is 2. The predicted octanol–water partition coefficient (Wildman–Crippen LogP) is -0.752. The maximum Gasteiger partial charge on any atom is 0.365 e. The molecule has 0 saturated heterocycles. The zero-order chi connectivity index (χ0) is 9.11. The van der Waals surface area contributed by atoms with Crippen molar-refractivity contribution in [2.24, 2.45) is 0 Å². The zero-order valence-electron chi connectivity index (χ0n) is 6.32. The van der Waals surface area contributed by atoms with Gasteiger partial charge >= 0.3 is 5.97 Å². The molecule has 0 aromatic carbocycles. The van der Waals surface area contributed by atoms with Gasteiger partial charge in [0.1, 0.15) is 0 Å². The van der Waals surface area contributed by atoms with Crippen molar-refractivity contribution in [3.8, 4) is 0 Å². The maximum atomic E-state index is 9.95. The van der Waals surface area contributed by atoms with Gasteiger partial charge in [-0.2, -0.15) is 4.89 Å². The van der Waals surface area contributed by atoms with Crippen LogP contribution in [0.4, 0.5) is 0 Å². The third kappa shape index (κ3) is 17.6. The fourth-order valence-corrected chi connectivity index (χ4v) is 0.116. The Morgan fingerprint density at radius 1 is 1.55 bits per heavy atom. The first-order valence-corrected chi connectivity index (χ1v) is 2.81. The van der Waals surface area contributed by atoms with E-state index >= 15 is 0 Å². The van der Waals surface area contributed by atoms with Gasteiger partial charge in [-0.05, 0) is 0 Å². The average Bonchev–Trinajstić information content (AvgIpc) is 2.05. The highest BCUT2D eigenvalue weighted by molar-refractivity contribution is 5.80. The summed E-state index contributed by atoms with van der Waals surface area (Å²) in [7, 11) is 1.25. The van der Waals surface area contributed by atoms with Crippen molar-refractivity contribution in [1.29, 1.82) is 0 Å². The van der Waals surface area contributed by atoms with E-state index in [1.807, 2.05) is 0 Å². The third-order valence-electron chi connectivity index (χ3n) is 0.432. The van der Waals surface area contributed by atoms with E-state index in [9.17, 15) is 4.79 Å². The molecule has 0 aromatic heterocycles. The molecular formula is C6H12O5. The van der Waals surface area contributed by atoms with E-state index in [4.69, 9.17) is 10.2 Å². The Bertz CT molecular complexity index is 99.1. The Morgan fingerprint density at radius 2 is 2.00 bits per heavy atom. The second-order valence-electron chi connectivity index (χ2n) is 1.22. The maximum absolute atomic E-state index is 9.95. The van der Waals surface area contributed by atoms with Crippen LogP contribution in [0.1, 0.15) is 0 Å². The lowest BCUT2D eigenvalue weighted by atomic mass is 10.7. The van der Waals surface area contributed by atoms with Crippen molar-refractivity contribution < 1.29 is 24.8 Å². The van der Waals surface area contributed by atoms with Gasteiger partial charge < -0.3 is 10.2 Å². The molecule has 0 saturated carbocycles. The van der Waals surface area contributed by atoms with Crippen molar-refractivity contribution >= 4 is 5.97 Å². The van der Waals surface area contributed by atoms with Crippen LogP contribution in [0.3, 0.4) is 0 Å². The minimum atomic E-state index is -0.581. The molecule has 0 aliphatic rings. The lowest BCUT2D eigenvalue weighted by molar-refractivity contribution is -0.249. The lowest BCUT2D eigenvalue weighted by Crippen LogP contribution is -1.96. The van der Waals surface area contributed by atoms with E-state index in [0.717, 1.165) is 6.08 Å². The molecule has 0 fully saturated rings. The van der Waals surface area contributed by atoms with Crippen molar-refractivity contribution in [3.63, 3.8) is 0 Å². The summed E-state index contributed by atoms with van der Waals surface area (Å²) in [4.78, 5) is 17.9. The number of aliphatic hydroxyl groups is 2. The molecule has 0 aliphatic carbocycles. The Morgan fingerprint density at radius 3 is 2.09 bits per heavy atom. The quantitative estimate of drug-likeness (QED) is 0.326. The van der Waals surface area contributed by atoms with Gasteiger partial charge in [-0.15, -0.1) is 0 Å². The van der Waals surface area contributed by atoms with E-state index in [1.54, 1.807) is 0 Å². The molecule has 0 aromatic rings. The molecule has 5 heteroatoms. The van der Waals surface area contributed by atoms with Gasteiger partial charge in [0.2, 0.25) is 0 Å². The highest BCUT2D eigenvalue weighted by atomic mass is 17.2. The van der Waals surface area contributed by atoms with Gasteiger partial charge in [-0.25, -0.2) is 4.79 Å². The Hall–Kier alpha value is -0.910. The number of aliphatic hydroxyl groups excluding tert-OH is 2. The van der Waals surface area contributed by atoms with E-state index in [-0.39, 0.29) is 13.2 Å². The van der Waals surface area contributed by atoms with Crippen LogP contribution in [0.2, 0.25) is 0 Å². The first-order valence-electron chi connectivity index (χ1n) is 2.81. The number of hydrogen-bond acceptors (Lipinski definition) is 5. The van der Waals surface area contributed by atoms with E-state index < -0.39 is 5.97 Å². The summed E-state index contributed by atoms with van der Waals surface area (Å²) in [6.07, 6.45) is 1.02. The monoisotopic (exact) mass is 164 g/mol. The van der Waals surface area contributed by atoms with Gasteiger partial charge in [0.05, 0.1) is 20.3 Å². The summed E-state index contributed by atoms with van der Waals surface area (Å²) >= 11 is 0. The molecule has 0 amide bonds. The Labute approximate surface area is 64.8 Å². The minimum absolute atomic E-state index is 0.125. The third-order valence-corrected chi connectivity index (χ3v) is 0.432. The molecule has 0 atom stereocenters. The van der Waals surface area contributed by atoms with Gasteiger partial charge in [-0.3, -0.25) is 4.89 Å². The van der Waals surface area contributed by atoms with Crippen molar-refractivity contribution in [3.05, 3.63) is 12.7 Å². The number of carbonyl (C=O) groups is 1. The predicted molar refractivity (Wildman–Crippen MR) is 37.5 cm³/mol. The van der Waals surface area contributed by atoms with Gasteiger partial charge in [0, 0.05) is 6.08 Å². The second kappa shape index (κ2) is 11.8. The SMILES string of the molecule is C=CC(=O)OOC.OCCO. The summed E-state index contributed by atoms with van der Waals surface area (Å²) in [5.41, 5.74) is 0. The van der Waals surface area contributed by atoms with Crippen LogP contribution in [0.5, 0.6) is 0 Å². The molecule has 2 N–H and O–H groups in total.